The minimum atomic E-state index is -4.46. The van der Waals surface area contributed by atoms with Gasteiger partial charge < -0.3 is 24.6 Å². The molecule has 0 radical (unpaired) electrons. The van der Waals surface area contributed by atoms with E-state index in [2.05, 4.69) is 15.8 Å². The molecule has 0 atom stereocenters. The van der Waals surface area contributed by atoms with Crippen molar-refractivity contribution < 1.29 is 27.2 Å². The van der Waals surface area contributed by atoms with Crippen LogP contribution in [0.3, 0.4) is 0 Å². The Morgan fingerprint density at radius 3 is 2.56 bits per heavy atom. The van der Waals surface area contributed by atoms with Crippen LogP contribution >= 0.6 is 12.2 Å². The first-order chi connectivity index (χ1) is 12.9. The zero-order valence-corrected chi connectivity index (χ0v) is 14.8. The van der Waals surface area contributed by atoms with E-state index in [-0.39, 0.29) is 27.6 Å². The van der Waals surface area contributed by atoms with Crippen LogP contribution in [-0.2, 0) is 0 Å². The molecule has 2 aromatic carbocycles. The first kappa shape index (κ1) is 18.8. The maximum Gasteiger partial charge on any atom is 0.422 e. The molecule has 6 nitrogen and oxygen atoms in total. The highest BCUT2D eigenvalue weighted by molar-refractivity contribution is 7.80. The zero-order chi connectivity index (χ0) is 19.4. The molecular formula is C17H14F3N3O3S. The molecule has 1 aromatic heterocycles. The van der Waals surface area contributed by atoms with Gasteiger partial charge in [0.2, 0.25) is 0 Å². The Labute approximate surface area is 157 Å². The molecule has 0 aliphatic rings. The minimum Gasteiger partial charge on any atom is -0.497 e. The van der Waals surface area contributed by atoms with E-state index < -0.39 is 12.8 Å². The van der Waals surface area contributed by atoms with Gasteiger partial charge in [-0.15, -0.1) is 0 Å². The topological polar surface area (TPSA) is 68.5 Å². The van der Waals surface area contributed by atoms with Gasteiger partial charge in [-0.2, -0.15) is 13.2 Å². The van der Waals surface area contributed by atoms with Crippen LogP contribution in [0.15, 0.2) is 47.0 Å². The predicted molar refractivity (Wildman–Crippen MR) is 98.4 cm³/mol. The Balaban J connectivity index is 1.76. The molecule has 0 unspecified atom stereocenters. The van der Waals surface area contributed by atoms with Crippen molar-refractivity contribution in [3.8, 4) is 11.5 Å². The number of hydrogen-bond donors (Lipinski definition) is 2. The molecule has 2 N–H and O–H groups in total. The van der Waals surface area contributed by atoms with E-state index in [0.29, 0.717) is 11.4 Å². The van der Waals surface area contributed by atoms with E-state index >= 15 is 0 Å². The first-order valence-corrected chi connectivity index (χ1v) is 8.06. The molecule has 0 bridgehead atoms. The predicted octanol–water partition coefficient (Wildman–Crippen LogP) is 4.59. The lowest BCUT2D eigenvalue weighted by Crippen LogP contribution is -2.20. The highest BCUT2D eigenvalue weighted by Gasteiger charge is 2.29. The van der Waals surface area contributed by atoms with Gasteiger partial charge in [0.05, 0.1) is 7.11 Å². The molecule has 0 fully saturated rings. The maximum atomic E-state index is 12.5. The van der Waals surface area contributed by atoms with Crippen LogP contribution in [0.1, 0.15) is 0 Å². The second kappa shape index (κ2) is 7.70. The average molecular weight is 397 g/mol. The molecule has 0 saturated carbocycles. The van der Waals surface area contributed by atoms with E-state index in [1.807, 2.05) is 0 Å². The van der Waals surface area contributed by atoms with Crippen LogP contribution in [-0.4, -0.2) is 30.2 Å². The Hall–Kier alpha value is -3.01. The van der Waals surface area contributed by atoms with E-state index in [4.69, 9.17) is 26.2 Å². The number of fused-ring (bicyclic) bond motifs is 1. The lowest BCUT2D eigenvalue weighted by Gasteiger charge is -2.11. The molecule has 3 aromatic rings. The van der Waals surface area contributed by atoms with Crippen molar-refractivity contribution >= 4 is 39.8 Å². The maximum absolute atomic E-state index is 12.5. The molecule has 10 heteroatoms. The summed E-state index contributed by atoms with van der Waals surface area (Å²) in [4.78, 5) is 0. The summed E-state index contributed by atoms with van der Waals surface area (Å²) >= 11 is 5.22. The number of thiocarbonyl (C=S) groups is 1. The summed E-state index contributed by atoms with van der Waals surface area (Å²) in [6.45, 7) is -1.43. The smallest absolute Gasteiger partial charge is 0.422 e. The summed E-state index contributed by atoms with van der Waals surface area (Å²) in [5.41, 5.74) is 0.957. The molecule has 1 heterocycles. The van der Waals surface area contributed by atoms with Crippen LogP contribution < -0.4 is 20.1 Å². The third-order valence-electron chi connectivity index (χ3n) is 3.43. The molecule has 3 rings (SSSR count). The summed E-state index contributed by atoms with van der Waals surface area (Å²) in [6.07, 6.45) is -4.46. The highest BCUT2D eigenvalue weighted by Crippen LogP contribution is 2.33. The normalized spacial score (nSPS) is 11.3. The van der Waals surface area contributed by atoms with Crippen LogP contribution in [0.25, 0.3) is 11.0 Å². The molecule has 0 spiro atoms. The number of alkyl halides is 3. The molecule has 142 valence electrons. The fourth-order valence-corrected chi connectivity index (χ4v) is 2.48. The molecule has 0 aliphatic heterocycles. The number of nitrogens with zero attached hydrogens (tertiary/aromatic N) is 1. The largest absolute Gasteiger partial charge is 0.497 e. The quantitative estimate of drug-likeness (QED) is 0.611. The molecule has 0 aliphatic carbocycles. The molecule has 0 amide bonds. The third-order valence-corrected chi connectivity index (χ3v) is 3.64. The number of halogens is 3. The Kier molecular flexibility index (Phi) is 5.36. The number of methoxy groups -OCH3 is 1. The number of ether oxygens (including phenoxy) is 2. The third kappa shape index (κ3) is 4.79. The number of benzene rings is 2. The van der Waals surface area contributed by atoms with Crippen molar-refractivity contribution in [2.24, 2.45) is 0 Å². The summed E-state index contributed by atoms with van der Waals surface area (Å²) in [5, 5.41) is 10.00. The number of rotatable bonds is 5. The van der Waals surface area contributed by atoms with Crippen molar-refractivity contribution in [3.05, 3.63) is 42.5 Å². The second-order valence-electron chi connectivity index (χ2n) is 5.37. The van der Waals surface area contributed by atoms with Crippen LogP contribution in [0.4, 0.5) is 24.7 Å². The molecule has 27 heavy (non-hydrogen) atoms. The van der Waals surface area contributed by atoms with Crippen molar-refractivity contribution in [1.82, 2.24) is 5.16 Å². The molecule has 0 saturated heterocycles. The number of nitrogens with one attached hydrogen (secondary N) is 2. The van der Waals surface area contributed by atoms with Gasteiger partial charge in [-0.25, -0.2) is 0 Å². The fourth-order valence-electron chi connectivity index (χ4n) is 2.27. The van der Waals surface area contributed by atoms with Gasteiger partial charge in [-0.3, -0.25) is 0 Å². The van der Waals surface area contributed by atoms with E-state index in [1.165, 1.54) is 12.1 Å². The van der Waals surface area contributed by atoms with Gasteiger partial charge in [0.1, 0.15) is 16.9 Å². The Morgan fingerprint density at radius 2 is 1.89 bits per heavy atom. The number of anilines is 2. The van der Waals surface area contributed by atoms with Crippen LogP contribution in [0.5, 0.6) is 11.5 Å². The van der Waals surface area contributed by atoms with Gasteiger partial charge in [0, 0.05) is 5.69 Å². The Bertz CT molecular complexity index is 942. The van der Waals surface area contributed by atoms with Gasteiger partial charge >= 0.3 is 6.18 Å². The summed E-state index contributed by atoms with van der Waals surface area (Å²) < 4.78 is 52.4. The van der Waals surface area contributed by atoms with Gasteiger partial charge in [-0.1, -0.05) is 11.2 Å². The Morgan fingerprint density at radius 1 is 1.15 bits per heavy atom. The minimum absolute atomic E-state index is 0.0131. The fraction of sp³-hybridized carbons (Fsp3) is 0.176. The standard InChI is InChI=1S/C17H14F3N3O3S/c1-24-11-7-5-10(6-8-11)21-16(27)22-15-14-12(25-9-17(18,19)20)3-2-4-13(14)26-23-15/h2-8H,9H2,1H3,(H2,21,22,23,27). The van der Waals surface area contributed by atoms with E-state index in [9.17, 15) is 13.2 Å². The SMILES string of the molecule is COc1ccc(NC(=S)Nc2noc3cccc(OCC(F)(F)F)c23)cc1. The average Bonchev–Trinajstić information content (AvgIpc) is 3.03. The van der Waals surface area contributed by atoms with Crippen molar-refractivity contribution in [3.63, 3.8) is 0 Å². The first-order valence-electron chi connectivity index (χ1n) is 7.66. The van der Waals surface area contributed by atoms with Crippen molar-refractivity contribution in [1.29, 1.82) is 0 Å². The second-order valence-corrected chi connectivity index (χ2v) is 5.78. The lowest BCUT2D eigenvalue weighted by atomic mass is 10.2. The van der Waals surface area contributed by atoms with Crippen LogP contribution in [0.2, 0.25) is 0 Å². The number of hydrogen-bond acceptors (Lipinski definition) is 5. The van der Waals surface area contributed by atoms with E-state index in [1.54, 1.807) is 37.4 Å². The summed E-state index contributed by atoms with van der Waals surface area (Å²) in [5.74, 6) is 0.822. The number of aromatic nitrogens is 1. The van der Waals surface area contributed by atoms with Gasteiger partial charge in [0.15, 0.2) is 23.1 Å². The van der Waals surface area contributed by atoms with Crippen LogP contribution in [0, 0.1) is 0 Å². The highest BCUT2D eigenvalue weighted by atomic mass is 32.1. The molecular weight excluding hydrogens is 383 g/mol. The summed E-state index contributed by atoms with van der Waals surface area (Å²) in [6, 6.07) is 11.5. The van der Waals surface area contributed by atoms with Gasteiger partial charge in [-0.05, 0) is 48.6 Å². The monoisotopic (exact) mass is 397 g/mol. The summed E-state index contributed by atoms with van der Waals surface area (Å²) in [7, 11) is 1.56. The van der Waals surface area contributed by atoms with Crippen molar-refractivity contribution in [2.45, 2.75) is 6.18 Å². The van der Waals surface area contributed by atoms with E-state index in [0.717, 1.165) is 0 Å². The lowest BCUT2D eigenvalue weighted by molar-refractivity contribution is -0.153. The van der Waals surface area contributed by atoms with Crippen molar-refractivity contribution in [2.75, 3.05) is 24.4 Å². The zero-order valence-electron chi connectivity index (χ0n) is 14.0. The van der Waals surface area contributed by atoms with Gasteiger partial charge in [0.25, 0.3) is 0 Å².